The van der Waals surface area contributed by atoms with E-state index in [0.717, 1.165) is 28.5 Å². The molecule has 0 aliphatic rings. The van der Waals surface area contributed by atoms with Gasteiger partial charge in [-0.15, -0.1) is 0 Å². The summed E-state index contributed by atoms with van der Waals surface area (Å²) in [5, 5.41) is 22.4. The summed E-state index contributed by atoms with van der Waals surface area (Å²) in [5.74, 6) is -1.42. The van der Waals surface area contributed by atoms with Gasteiger partial charge in [0.15, 0.2) is 5.12 Å². The number of hydrogen-bond acceptors (Lipinski definition) is 6. The predicted octanol–water partition coefficient (Wildman–Crippen LogP) is 3.70. The van der Waals surface area contributed by atoms with Crippen LogP contribution in [0.5, 0.6) is 0 Å². The Balaban J connectivity index is 2.24. The Morgan fingerprint density at radius 3 is 1.62 bits per heavy atom. The summed E-state index contributed by atoms with van der Waals surface area (Å²) >= 11 is 1.03. The number of benzene rings is 3. The van der Waals surface area contributed by atoms with Crippen molar-refractivity contribution in [2.75, 3.05) is 13.2 Å². The fourth-order valence-electron chi connectivity index (χ4n) is 4.63. The molecule has 37 heavy (non-hydrogen) atoms. The van der Waals surface area contributed by atoms with Crippen molar-refractivity contribution in [1.29, 1.82) is 0 Å². The van der Waals surface area contributed by atoms with Crippen LogP contribution in [0.3, 0.4) is 0 Å². The van der Waals surface area contributed by atoms with Gasteiger partial charge in [0, 0.05) is 12.0 Å². The van der Waals surface area contributed by atoms with Gasteiger partial charge in [0.1, 0.15) is 6.10 Å². The zero-order valence-electron chi connectivity index (χ0n) is 21.5. The largest absolute Gasteiger partial charge is 0.396 e. The second-order valence-corrected chi connectivity index (χ2v) is 11.3. The summed E-state index contributed by atoms with van der Waals surface area (Å²) in [6.07, 6.45) is -1.45. The minimum Gasteiger partial charge on any atom is -0.396 e. The van der Waals surface area contributed by atoms with Crippen molar-refractivity contribution in [3.63, 3.8) is 0 Å². The fraction of sp³-hybridized carbons (Fsp3) is 0.333. The third kappa shape index (κ3) is 6.30. The van der Waals surface area contributed by atoms with E-state index in [1.54, 1.807) is 20.8 Å². The summed E-state index contributed by atoms with van der Waals surface area (Å²) in [6, 6.07) is 29.3. The first-order valence-electron chi connectivity index (χ1n) is 12.3. The molecule has 0 fully saturated rings. The third-order valence-corrected chi connectivity index (χ3v) is 7.56. The highest BCUT2D eigenvalue weighted by molar-refractivity contribution is 8.14. The van der Waals surface area contributed by atoms with E-state index in [1.165, 1.54) is 0 Å². The minimum atomic E-state index is -1.45. The molecule has 0 saturated heterocycles. The van der Waals surface area contributed by atoms with E-state index < -0.39 is 34.1 Å². The van der Waals surface area contributed by atoms with E-state index in [4.69, 9.17) is 5.73 Å². The van der Waals surface area contributed by atoms with Gasteiger partial charge in [0.25, 0.3) is 0 Å². The molecule has 7 heteroatoms. The van der Waals surface area contributed by atoms with Crippen molar-refractivity contribution >= 4 is 22.8 Å². The Hall–Kier alpha value is -2.97. The summed E-state index contributed by atoms with van der Waals surface area (Å²) < 4.78 is 0. The highest BCUT2D eigenvalue weighted by atomic mass is 32.2. The quantitative estimate of drug-likeness (QED) is 0.227. The standard InChI is InChI=1S/C30H36N2O4S/c1-21(31)37-28(36)25(19-32-27(35)26(34)29(2,3)20-33)30(22-13-7-4-8-14-22,23-15-9-5-10-16-23)24-17-11-6-12-18-24/h4-18,21,25-26,33-34H,19-20,31H2,1-3H3,(H,32,35)/t21?,25?,26-/m0/s1. The summed E-state index contributed by atoms with van der Waals surface area (Å²) in [6.45, 7) is 4.55. The van der Waals surface area contributed by atoms with Crippen molar-refractivity contribution in [3.8, 4) is 0 Å². The van der Waals surface area contributed by atoms with Crippen LogP contribution in [0.4, 0.5) is 0 Å². The number of rotatable bonds is 11. The molecule has 0 spiro atoms. The van der Waals surface area contributed by atoms with Gasteiger partial charge in [-0.3, -0.25) is 9.59 Å². The molecule has 3 rings (SSSR count). The lowest BCUT2D eigenvalue weighted by Crippen LogP contribution is -2.51. The maximum Gasteiger partial charge on any atom is 0.249 e. The number of hydrogen-bond donors (Lipinski definition) is 4. The Morgan fingerprint density at radius 2 is 1.27 bits per heavy atom. The molecule has 5 N–H and O–H groups in total. The van der Waals surface area contributed by atoms with Crippen LogP contribution in [-0.4, -0.2) is 45.9 Å². The molecule has 2 unspecified atom stereocenters. The van der Waals surface area contributed by atoms with Gasteiger partial charge in [-0.1, -0.05) is 117 Å². The Morgan fingerprint density at radius 1 is 0.865 bits per heavy atom. The normalized spacial score (nSPS) is 14.4. The average Bonchev–Trinajstić information content (AvgIpc) is 2.91. The summed E-state index contributed by atoms with van der Waals surface area (Å²) in [4.78, 5) is 27.0. The molecule has 0 bridgehead atoms. The molecule has 0 aliphatic heterocycles. The summed E-state index contributed by atoms with van der Waals surface area (Å²) in [5.41, 5.74) is 6.72. The first-order valence-corrected chi connectivity index (χ1v) is 13.2. The molecule has 6 nitrogen and oxygen atoms in total. The van der Waals surface area contributed by atoms with Gasteiger partial charge < -0.3 is 21.3 Å². The lowest BCUT2D eigenvalue weighted by molar-refractivity contribution is -0.137. The van der Waals surface area contributed by atoms with Crippen molar-refractivity contribution in [1.82, 2.24) is 5.32 Å². The molecule has 0 saturated carbocycles. The van der Waals surface area contributed by atoms with Crippen molar-refractivity contribution in [2.45, 2.75) is 37.7 Å². The monoisotopic (exact) mass is 520 g/mol. The topological polar surface area (TPSA) is 113 Å². The van der Waals surface area contributed by atoms with Crippen LogP contribution in [0.25, 0.3) is 0 Å². The highest BCUT2D eigenvalue weighted by Gasteiger charge is 2.48. The first kappa shape index (κ1) is 28.6. The molecule has 0 radical (unpaired) electrons. The molecular formula is C30H36N2O4S. The van der Waals surface area contributed by atoms with Crippen LogP contribution < -0.4 is 11.1 Å². The van der Waals surface area contributed by atoms with Crippen molar-refractivity contribution < 1.29 is 19.8 Å². The molecule has 0 aromatic heterocycles. The number of thioether (sulfide) groups is 1. The van der Waals surface area contributed by atoms with Crippen LogP contribution in [0.2, 0.25) is 0 Å². The maximum atomic E-state index is 14.0. The smallest absolute Gasteiger partial charge is 0.249 e. The molecule has 3 aromatic carbocycles. The van der Waals surface area contributed by atoms with Gasteiger partial charge in [0.05, 0.1) is 23.3 Å². The van der Waals surface area contributed by atoms with Crippen molar-refractivity contribution in [3.05, 3.63) is 108 Å². The second-order valence-electron chi connectivity index (χ2n) is 9.90. The number of carbonyl (C=O) groups excluding carboxylic acids is 2. The van der Waals surface area contributed by atoms with E-state index >= 15 is 0 Å². The highest BCUT2D eigenvalue weighted by Crippen LogP contribution is 2.47. The van der Waals surface area contributed by atoms with Gasteiger partial charge >= 0.3 is 0 Å². The Kier molecular flexibility index (Phi) is 9.68. The number of amides is 1. The average molecular weight is 521 g/mol. The third-order valence-electron chi connectivity index (χ3n) is 6.67. The van der Waals surface area contributed by atoms with E-state index in [2.05, 4.69) is 5.32 Å². The fourth-order valence-corrected chi connectivity index (χ4v) is 5.42. The Bertz CT molecular complexity index is 1060. The maximum absolute atomic E-state index is 14.0. The minimum absolute atomic E-state index is 0.0470. The van der Waals surface area contributed by atoms with Gasteiger partial charge in [0.2, 0.25) is 5.91 Å². The molecule has 3 aromatic rings. The molecule has 1 amide bonds. The molecule has 0 aliphatic carbocycles. The zero-order valence-corrected chi connectivity index (χ0v) is 22.3. The molecule has 196 valence electrons. The Labute approximate surface area is 223 Å². The molecule has 3 atom stereocenters. The van der Waals surface area contributed by atoms with Gasteiger partial charge in [-0.25, -0.2) is 0 Å². The predicted molar refractivity (Wildman–Crippen MR) is 149 cm³/mol. The van der Waals surface area contributed by atoms with E-state index in [-0.39, 0.29) is 18.3 Å². The van der Waals surface area contributed by atoms with Crippen LogP contribution in [0, 0.1) is 11.3 Å². The number of aliphatic hydroxyl groups excluding tert-OH is 2. The second kappa shape index (κ2) is 12.5. The van der Waals surface area contributed by atoms with Crippen LogP contribution in [-0.2, 0) is 15.0 Å². The van der Waals surface area contributed by atoms with Gasteiger partial charge in [-0.05, 0) is 23.6 Å². The number of nitrogens with two attached hydrogens (primary N) is 1. The first-order chi connectivity index (χ1) is 17.6. The SMILES string of the molecule is CC(N)SC(=O)C(CNC(=O)[C@H](O)C(C)(C)CO)C(c1ccccc1)(c1ccccc1)c1ccccc1. The number of carbonyl (C=O) groups is 2. The lowest BCUT2D eigenvalue weighted by Gasteiger charge is -2.42. The van der Waals surface area contributed by atoms with E-state index in [1.807, 2.05) is 91.0 Å². The zero-order chi connectivity index (χ0) is 27.1. The van der Waals surface area contributed by atoms with Crippen LogP contribution >= 0.6 is 11.8 Å². The molecular weight excluding hydrogens is 484 g/mol. The van der Waals surface area contributed by atoms with Crippen LogP contribution in [0.1, 0.15) is 37.5 Å². The lowest BCUT2D eigenvalue weighted by atomic mass is 9.62. The van der Waals surface area contributed by atoms with E-state index in [9.17, 15) is 19.8 Å². The number of aliphatic hydroxyl groups is 2. The summed E-state index contributed by atoms with van der Waals surface area (Å²) in [7, 11) is 0. The van der Waals surface area contributed by atoms with Crippen molar-refractivity contribution in [2.24, 2.45) is 17.1 Å². The number of nitrogens with one attached hydrogen (secondary N) is 1. The van der Waals surface area contributed by atoms with Gasteiger partial charge in [-0.2, -0.15) is 0 Å². The van der Waals surface area contributed by atoms with E-state index in [0.29, 0.717) is 0 Å². The van der Waals surface area contributed by atoms with Crippen LogP contribution in [0.15, 0.2) is 91.0 Å². The molecule has 0 heterocycles.